The van der Waals surface area contributed by atoms with Crippen LogP contribution in [0.15, 0.2) is 48.8 Å². The van der Waals surface area contributed by atoms with Gasteiger partial charge in [-0.25, -0.2) is 9.37 Å². The zero-order valence-corrected chi connectivity index (χ0v) is 18.8. The first-order valence-corrected chi connectivity index (χ1v) is 10.9. The van der Waals surface area contributed by atoms with Gasteiger partial charge in [-0.3, -0.25) is 9.48 Å². The SMILES string of the molecule is CC1(C)CC(n2cc(-c3ccc(NC(=O)Cc4cccc(C(F)(F)F)n4)cc3F)cn2)CCN1. The van der Waals surface area contributed by atoms with Gasteiger partial charge in [-0.15, -0.1) is 0 Å². The van der Waals surface area contributed by atoms with Crippen molar-refractivity contribution in [1.82, 2.24) is 20.1 Å². The molecule has 10 heteroatoms. The topological polar surface area (TPSA) is 71.8 Å². The lowest BCUT2D eigenvalue weighted by atomic mass is 9.89. The number of nitrogens with one attached hydrogen (secondary N) is 2. The molecule has 2 aromatic heterocycles. The van der Waals surface area contributed by atoms with E-state index in [2.05, 4.69) is 34.6 Å². The molecular weight excluding hydrogens is 450 g/mol. The van der Waals surface area contributed by atoms with Gasteiger partial charge in [0.25, 0.3) is 0 Å². The predicted octanol–water partition coefficient (Wildman–Crippen LogP) is 4.99. The van der Waals surface area contributed by atoms with Crippen LogP contribution in [0.1, 0.15) is 44.1 Å². The number of aromatic nitrogens is 3. The molecule has 1 unspecified atom stereocenters. The molecule has 3 heterocycles. The Morgan fingerprint density at radius 1 is 1.26 bits per heavy atom. The van der Waals surface area contributed by atoms with E-state index in [1.165, 1.54) is 18.2 Å². The maximum atomic E-state index is 14.8. The van der Waals surface area contributed by atoms with Crippen LogP contribution < -0.4 is 10.6 Å². The molecule has 1 atom stereocenters. The van der Waals surface area contributed by atoms with E-state index in [1.807, 2.05) is 10.9 Å². The summed E-state index contributed by atoms with van der Waals surface area (Å²) in [6.45, 7) is 5.16. The molecule has 180 valence electrons. The number of amides is 1. The molecule has 0 aliphatic carbocycles. The van der Waals surface area contributed by atoms with Gasteiger partial charge in [0, 0.05) is 28.6 Å². The molecule has 2 N–H and O–H groups in total. The minimum absolute atomic E-state index is 0.00369. The fourth-order valence-electron chi connectivity index (χ4n) is 4.18. The molecule has 0 saturated carbocycles. The number of hydrogen-bond acceptors (Lipinski definition) is 4. The first-order chi connectivity index (χ1) is 16.0. The summed E-state index contributed by atoms with van der Waals surface area (Å²) < 4.78 is 55.1. The van der Waals surface area contributed by atoms with Crippen molar-refractivity contribution in [3.8, 4) is 11.1 Å². The van der Waals surface area contributed by atoms with Gasteiger partial charge in [-0.05, 0) is 63.6 Å². The number of rotatable bonds is 5. The number of hydrogen-bond donors (Lipinski definition) is 2. The minimum Gasteiger partial charge on any atom is -0.326 e. The summed E-state index contributed by atoms with van der Waals surface area (Å²) >= 11 is 0. The Morgan fingerprint density at radius 3 is 2.76 bits per heavy atom. The van der Waals surface area contributed by atoms with E-state index in [0.717, 1.165) is 25.5 Å². The Kier molecular flexibility index (Phi) is 6.44. The second-order valence-electron chi connectivity index (χ2n) is 9.10. The Bertz CT molecular complexity index is 1190. The normalized spacial score (nSPS) is 18.0. The van der Waals surface area contributed by atoms with Crippen molar-refractivity contribution in [2.45, 2.75) is 50.9 Å². The highest BCUT2D eigenvalue weighted by atomic mass is 19.4. The van der Waals surface area contributed by atoms with E-state index in [4.69, 9.17) is 0 Å². The monoisotopic (exact) mass is 475 g/mol. The van der Waals surface area contributed by atoms with Gasteiger partial charge < -0.3 is 10.6 Å². The molecule has 0 radical (unpaired) electrons. The third-order valence-electron chi connectivity index (χ3n) is 5.81. The molecule has 3 aromatic rings. The van der Waals surface area contributed by atoms with Crippen LogP contribution in [0.4, 0.5) is 23.2 Å². The quantitative estimate of drug-likeness (QED) is 0.510. The molecule has 1 fully saturated rings. The third-order valence-corrected chi connectivity index (χ3v) is 5.81. The number of carbonyl (C=O) groups excluding carboxylic acids is 1. The molecule has 1 aliphatic heterocycles. The Morgan fingerprint density at radius 2 is 2.06 bits per heavy atom. The molecule has 1 amide bonds. The highest BCUT2D eigenvalue weighted by Crippen LogP contribution is 2.31. The Balaban J connectivity index is 1.43. The first-order valence-electron chi connectivity index (χ1n) is 10.9. The number of anilines is 1. The van der Waals surface area contributed by atoms with Gasteiger partial charge in [-0.1, -0.05) is 6.07 Å². The molecule has 34 heavy (non-hydrogen) atoms. The van der Waals surface area contributed by atoms with Crippen LogP contribution in [0.5, 0.6) is 0 Å². The molecule has 0 bridgehead atoms. The van der Waals surface area contributed by atoms with Crippen molar-refractivity contribution in [2.75, 3.05) is 11.9 Å². The number of nitrogens with zero attached hydrogens (tertiary/aromatic N) is 3. The fourth-order valence-corrected chi connectivity index (χ4v) is 4.18. The van der Waals surface area contributed by atoms with Gasteiger partial charge in [-0.2, -0.15) is 18.3 Å². The van der Waals surface area contributed by atoms with Crippen molar-refractivity contribution in [3.63, 3.8) is 0 Å². The van der Waals surface area contributed by atoms with Gasteiger partial charge in [0.2, 0.25) is 5.91 Å². The fraction of sp³-hybridized carbons (Fsp3) is 0.375. The highest BCUT2D eigenvalue weighted by Gasteiger charge is 2.32. The van der Waals surface area contributed by atoms with Crippen LogP contribution in [0.2, 0.25) is 0 Å². The van der Waals surface area contributed by atoms with E-state index in [9.17, 15) is 22.4 Å². The summed E-state index contributed by atoms with van der Waals surface area (Å²) in [4.78, 5) is 15.7. The number of alkyl halides is 3. The van der Waals surface area contributed by atoms with Crippen LogP contribution in [0.3, 0.4) is 0 Å². The van der Waals surface area contributed by atoms with E-state index < -0.39 is 23.6 Å². The standard InChI is InChI=1S/C24H25F4N5O/c1-23(2)12-18(8-9-29-23)33-14-15(13-30-33)19-7-6-17(10-20(19)25)32-22(34)11-16-4-3-5-21(31-16)24(26,27)28/h3-7,10,13-14,18,29H,8-9,11-12H2,1-2H3,(H,32,34). The van der Waals surface area contributed by atoms with Crippen molar-refractivity contribution in [3.05, 3.63) is 66.0 Å². The van der Waals surface area contributed by atoms with Gasteiger partial charge in [0.1, 0.15) is 11.5 Å². The summed E-state index contributed by atoms with van der Waals surface area (Å²) in [7, 11) is 0. The zero-order valence-electron chi connectivity index (χ0n) is 18.8. The molecule has 1 aromatic carbocycles. The molecule has 1 aliphatic rings. The third kappa shape index (κ3) is 5.61. The molecule has 0 spiro atoms. The average molecular weight is 475 g/mol. The van der Waals surface area contributed by atoms with Crippen molar-refractivity contribution in [2.24, 2.45) is 0 Å². The van der Waals surface area contributed by atoms with Crippen LogP contribution in [0, 0.1) is 5.82 Å². The zero-order chi connectivity index (χ0) is 24.5. The van der Waals surface area contributed by atoms with Crippen molar-refractivity contribution < 1.29 is 22.4 Å². The smallest absolute Gasteiger partial charge is 0.326 e. The lowest BCUT2D eigenvalue weighted by Gasteiger charge is -2.36. The van der Waals surface area contributed by atoms with Gasteiger partial charge >= 0.3 is 6.18 Å². The lowest BCUT2D eigenvalue weighted by Crippen LogP contribution is -2.46. The van der Waals surface area contributed by atoms with Crippen LogP contribution in [0.25, 0.3) is 11.1 Å². The summed E-state index contributed by atoms with van der Waals surface area (Å²) in [6.07, 6.45) is 0.310. The first kappa shape index (κ1) is 23.9. The number of piperidine rings is 1. The summed E-state index contributed by atoms with van der Waals surface area (Å²) in [5, 5.41) is 10.4. The average Bonchev–Trinajstić information content (AvgIpc) is 3.22. The number of carbonyl (C=O) groups is 1. The van der Waals surface area contributed by atoms with Crippen LogP contribution in [-0.4, -0.2) is 32.8 Å². The van der Waals surface area contributed by atoms with E-state index in [1.54, 1.807) is 18.3 Å². The largest absolute Gasteiger partial charge is 0.433 e. The molecule has 4 rings (SSSR count). The lowest BCUT2D eigenvalue weighted by molar-refractivity contribution is -0.141. The number of halogens is 4. The van der Waals surface area contributed by atoms with Gasteiger partial charge in [0.15, 0.2) is 0 Å². The maximum Gasteiger partial charge on any atom is 0.433 e. The van der Waals surface area contributed by atoms with Crippen LogP contribution in [-0.2, 0) is 17.4 Å². The van der Waals surface area contributed by atoms with E-state index >= 15 is 0 Å². The summed E-state index contributed by atoms with van der Waals surface area (Å²) in [5.74, 6) is -1.14. The summed E-state index contributed by atoms with van der Waals surface area (Å²) in [5.41, 5.74) is 0.0753. The highest BCUT2D eigenvalue weighted by molar-refractivity contribution is 5.92. The second kappa shape index (κ2) is 9.17. The number of pyridine rings is 1. The summed E-state index contributed by atoms with van der Waals surface area (Å²) in [6, 6.07) is 7.84. The van der Waals surface area contributed by atoms with E-state index in [0.29, 0.717) is 11.1 Å². The van der Waals surface area contributed by atoms with Crippen molar-refractivity contribution in [1.29, 1.82) is 0 Å². The Hall–Kier alpha value is -3.27. The minimum atomic E-state index is -4.59. The predicted molar refractivity (Wildman–Crippen MR) is 120 cm³/mol. The molecule has 1 saturated heterocycles. The molecule has 6 nitrogen and oxygen atoms in total. The Labute approximate surface area is 194 Å². The van der Waals surface area contributed by atoms with Gasteiger partial charge in [0.05, 0.1) is 24.4 Å². The second-order valence-corrected chi connectivity index (χ2v) is 9.10. The maximum absolute atomic E-state index is 14.8. The van der Waals surface area contributed by atoms with Crippen LogP contribution >= 0.6 is 0 Å². The van der Waals surface area contributed by atoms with E-state index in [-0.39, 0.29) is 29.4 Å². The number of benzene rings is 1. The van der Waals surface area contributed by atoms with Crippen molar-refractivity contribution >= 4 is 11.6 Å². The molecular formula is C24H25F4N5O.